The second-order valence-corrected chi connectivity index (χ2v) is 10.8. The van der Waals surface area contributed by atoms with Crippen LogP contribution >= 0.6 is 46.3 Å². The Kier molecular flexibility index (Phi) is 8.36. The number of nitrogens with zero attached hydrogens (tertiary/aromatic N) is 3. The molecule has 2 aliphatic heterocycles. The molecule has 0 saturated carbocycles. The highest BCUT2D eigenvalue weighted by atomic mass is 35.5. The van der Waals surface area contributed by atoms with Crippen molar-refractivity contribution < 1.29 is 9.53 Å². The molecule has 1 aliphatic carbocycles. The average molecular weight is 518 g/mol. The number of amides is 1. The summed E-state index contributed by atoms with van der Waals surface area (Å²) in [5.74, 6) is 1.37. The number of carbonyl (C=O) groups is 1. The van der Waals surface area contributed by atoms with Gasteiger partial charge < -0.3 is 15.4 Å². The molecule has 4 rings (SSSR count). The van der Waals surface area contributed by atoms with Crippen molar-refractivity contribution in [1.82, 2.24) is 25.9 Å². The summed E-state index contributed by atoms with van der Waals surface area (Å²) in [5.41, 5.74) is 3.73. The molecule has 3 aliphatic rings. The molecule has 3 N–H and O–H groups in total. The molecule has 1 saturated heterocycles. The van der Waals surface area contributed by atoms with Crippen molar-refractivity contribution >= 4 is 58.0 Å². The molecule has 3 atom stereocenters. The number of thioether (sulfide) groups is 1. The zero-order valence-electron chi connectivity index (χ0n) is 17.6. The maximum atomic E-state index is 12.3. The first-order valence-corrected chi connectivity index (χ1v) is 13.1. The van der Waals surface area contributed by atoms with Gasteiger partial charge in [-0.3, -0.25) is 15.1 Å². The van der Waals surface area contributed by atoms with Crippen molar-refractivity contribution in [3.8, 4) is 0 Å². The average Bonchev–Trinajstić information content (AvgIpc) is 3.42. The van der Waals surface area contributed by atoms with E-state index in [1.54, 1.807) is 0 Å². The van der Waals surface area contributed by atoms with Gasteiger partial charge in [0, 0.05) is 31.6 Å². The molecular formula is C20H26Cl2N6O2S2. The molecule has 0 radical (unpaired) electrons. The quantitative estimate of drug-likeness (QED) is 0.457. The zero-order valence-corrected chi connectivity index (χ0v) is 20.8. The van der Waals surface area contributed by atoms with Gasteiger partial charge in [0.25, 0.3) is 0 Å². The van der Waals surface area contributed by atoms with Crippen LogP contribution in [-0.4, -0.2) is 72.4 Å². The first kappa shape index (κ1) is 23.8. The van der Waals surface area contributed by atoms with Crippen LogP contribution in [0.15, 0.2) is 37.0 Å². The van der Waals surface area contributed by atoms with E-state index in [4.69, 9.17) is 27.9 Å². The number of thiazole rings is 1. The minimum absolute atomic E-state index is 0.0210. The second-order valence-electron chi connectivity index (χ2n) is 7.86. The molecule has 174 valence electrons. The van der Waals surface area contributed by atoms with Gasteiger partial charge in [-0.15, -0.1) is 11.3 Å². The van der Waals surface area contributed by atoms with E-state index in [0.29, 0.717) is 34.9 Å². The highest BCUT2D eigenvalue weighted by Gasteiger charge is 2.24. The second kappa shape index (κ2) is 11.2. The lowest BCUT2D eigenvalue weighted by Crippen LogP contribution is -2.48. The van der Waals surface area contributed by atoms with Crippen molar-refractivity contribution in [3.05, 3.63) is 33.3 Å². The molecule has 1 aromatic rings. The Labute approximate surface area is 205 Å². The molecule has 32 heavy (non-hydrogen) atoms. The number of allylic oxidation sites excluding steroid dienone is 3. The number of ether oxygens (including phenoxy) is 1. The molecule has 12 heteroatoms. The van der Waals surface area contributed by atoms with Crippen LogP contribution in [0.3, 0.4) is 0 Å². The van der Waals surface area contributed by atoms with Gasteiger partial charge in [0.1, 0.15) is 11.9 Å². The monoisotopic (exact) mass is 516 g/mol. The van der Waals surface area contributed by atoms with Gasteiger partial charge in [-0.05, 0) is 19.3 Å². The maximum absolute atomic E-state index is 12.3. The fourth-order valence-corrected chi connectivity index (χ4v) is 5.68. The molecule has 3 heterocycles. The van der Waals surface area contributed by atoms with E-state index in [9.17, 15) is 4.79 Å². The predicted octanol–water partition coefficient (Wildman–Crippen LogP) is 2.52. The molecule has 0 bridgehead atoms. The van der Waals surface area contributed by atoms with Crippen molar-refractivity contribution in [1.29, 1.82) is 0 Å². The number of halogens is 2. The Morgan fingerprint density at radius 3 is 3.09 bits per heavy atom. The summed E-state index contributed by atoms with van der Waals surface area (Å²) in [6, 6.07) is 0. The van der Waals surface area contributed by atoms with E-state index in [0.717, 1.165) is 41.9 Å². The van der Waals surface area contributed by atoms with E-state index < -0.39 is 0 Å². The molecule has 1 aromatic heterocycles. The molecule has 0 aromatic carbocycles. The summed E-state index contributed by atoms with van der Waals surface area (Å²) in [4.78, 5) is 19.2. The van der Waals surface area contributed by atoms with Crippen molar-refractivity contribution in [2.45, 2.75) is 30.0 Å². The SMILES string of the molecule is CC1NN=C(c2csc(SCC(=O)NC[C@H]3CN(CC4C=C(Cl)C(Cl)=CC4)CCO3)n2)N1. The fraction of sp³-hybridized carbons (Fsp3) is 0.550. The highest BCUT2D eigenvalue weighted by Crippen LogP contribution is 2.29. The number of carbonyl (C=O) groups excluding carboxylic acids is 1. The van der Waals surface area contributed by atoms with Crippen molar-refractivity contribution in [2.75, 3.05) is 38.5 Å². The minimum Gasteiger partial charge on any atom is -0.374 e. The number of rotatable bonds is 8. The Hall–Kier alpha value is -1.30. The van der Waals surface area contributed by atoms with Crippen LogP contribution in [0.2, 0.25) is 0 Å². The summed E-state index contributed by atoms with van der Waals surface area (Å²) in [7, 11) is 0. The first-order chi connectivity index (χ1) is 15.5. The van der Waals surface area contributed by atoms with Gasteiger partial charge in [0.05, 0.1) is 28.5 Å². The zero-order chi connectivity index (χ0) is 22.5. The number of hydrazone groups is 1. The predicted molar refractivity (Wildman–Crippen MR) is 130 cm³/mol. The van der Waals surface area contributed by atoms with Crippen molar-refractivity contribution in [3.63, 3.8) is 0 Å². The Morgan fingerprint density at radius 2 is 2.31 bits per heavy atom. The third-order valence-corrected chi connectivity index (χ3v) is 8.03. The van der Waals surface area contributed by atoms with Gasteiger partial charge in [-0.1, -0.05) is 47.1 Å². The topological polar surface area (TPSA) is 90.9 Å². The molecular weight excluding hydrogens is 491 g/mol. The molecule has 2 unspecified atom stereocenters. The lowest BCUT2D eigenvalue weighted by atomic mass is 9.99. The van der Waals surface area contributed by atoms with Gasteiger partial charge in [-0.25, -0.2) is 4.98 Å². The van der Waals surface area contributed by atoms with Crippen LogP contribution in [0.4, 0.5) is 0 Å². The van der Waals surface area contributed by atoms with Crippen LogP contribution < -0.4 is 16.1 Å². The number of morpholine rings is 1. The fourth-order valence-electron chi connectivity index (χ4n) is 3.64. The highest BCUT2D eigenvalue weighted by molar-refractivity contribution is 8.01. The van der Waals surface area contributed by atoms with Gasteiger partial charge in [-0.2, -0.15) is 5.10 Å². The summed E-state index contributed by atoms with van der Waals surface area (Å²) < 4.78 is 6.68. The number of nitrogens with one attached hydrogen (secondary N) is 3. The Balaban J connectivity index is 1.16. The normalized spacial score (nSPS) is 26.0. The molecule has 0 spiro atoms. The third kappa shape index (κ3) is 6.61. The maximum Gasteiger partial charge on any atom is 0.230 e. The summed E-state index contributed by atoms with van der Waals surface area (Å²) in [5, 5.41) is 13.6. The molecule has 1 fully saturated rings. The lowest BCUT2D eigenvalue weighted by molar-refractivity contribution is -0.119. The molecule has 8 nitrogen and oxygen atoms in total. The number of hydrogen-bond acceptors (Lipinski definition) is 9. The number of amidine groups is 1. The summed E-state index contributed by atoms with van der Waals surface area (Å²) in [6.07, 6.45) is 4.98. The molecule has 1 amide bonds. The van der Waals surface area contributed by atoms with E-state index in [-0.39, 0.29) is 18.2 Å². The number of aromatic nitrogens is 1. The van der Waals surface area contributed by atoms with E-state index in [1.807, 2.05) is 24.5 Å². The van der Waals surface area contributed by atoms with Gasteiger partial charge in [0.2, 0.25) is 5.91 Å². The van der Waals surface area contributed by atoms with Crippen LogP contribution in [0.5, 0.6) is 0 Å². The first-order valence-electron chi connectivity index (χ1n) is 10.5. The van der Waals surface area contributed by atoms with Crippen LogP contribution in [0.25, 0.3) is 0 Å². The van der Waals surface area contributed by atoms with Gasteiger partial charge in [0.15, 0.2) is 10.2 Å². The van der Waals surface area contributed by atoms with Crippen LogP contribution in [0.1, 0.15) is 19.0 Å². The largest absolute Gasteiger partial charge is 0.374 e. The van der Waals surface area contributed by atoms with Crippen LogP contribution in [-0.2, 0) is 9.53 Å². The summed E-state index contributed by atoms with van der Waals surface area (Å²) >= 11 is 15.1. The third-order valence-electron chi connectivity index (χ3n) is 5.23. The standard InChI is InChI=1S/C20H26Cl2N6O2S2/c1-12-24-19(27-26-12)17-10-31-20(25-17)32-11-18(29)23-7-14-9-28(4-5-30-14)8-13-2-3-15(21)16(22)6-13/h3,6,10,12-14,26H,2,4-5,7-9,11H2,1H3,(H,23,29)(H,24,27)/t12?,13?,14-/m0/s1. The van der Waals surface area contributed by atoms with Crippen LogP contribution in [0, 0.1) is 5.92 Å². The van der Waals surface area contributed by atoms with E-state index in [2.05, 4.69) is 31.0 Å². The Morgan fingerprint density at radius 1 is 1.44 bits per heavy atom. The lowest BCUT2D eigenvalue weighted by Gasteiger charge is -2.35. The Bertz CT molecular complexity index is 922. The van der Waals surface area contributed by atoms with Gasteiger partial charge >= 0.3 is 0 Å². The summed E-state index contributed by atoms with van der Waals surface area (Å²) in [6.45, 7) is 5.69. The number of hydrogen-bond donors (Lipinski definition) is 3. The van der Waals surface area contributed by atoms with E-state index in [1.165, 1.54) is 23.1 Å². The van der Waals surface area contributed by atoms with E-state index >= 15 is 0 Å². The van der Waals surface area contributed by atoms with Crippen molar-refractivity contribution in [2.24, 2.45) is 11.0 Å². The smallest absolute Gasteiger partial charge is 0.230 e. The minimum atomic E-state index is -0.0270.